The third-order valence-electron chi connectivity index (χ3n) is 2.89. The molecule has 2 rings (SSSR count). The van der Waals surface area contributed by atoms with Gasteiger partial charge in [0.05, 0.1) is 0 Å². The Bertz CT molecular complexity index is 266. The molecule has 0 amide bonds. The van der Waals surface area contributed by atoms with Crippen LogP contribution in [0.25, 0.3) is 0 Å². The summed E-state index contributed by atoms with van der Waals surface area (Å²) < 4.78 is 0. The Morgan fingerprint density at radius 2 is 2.36 bits per heavy atom. The van der Waals surface area contributed by atoms with Crippen LogP contribution in [0.2, 0.25) is 0 Å². The Hall–Kier alpha value is -0.780. The van der Waals surface area contributed by atoms with E-state index in [0.29, 0.717) is 5.92 Å². The second-order valence-corrected chi connectivity index (χ2v) is 3.68. The minimum Gasteiger partial charge on any atom is -0.102 e. The molecule has 0 heterocycles. The van der Waals surface area contributed by atoms with E-state index in [1.807, 2.05) is 0 Å². The van der Waals surface area contributed by atoms with Crippen LogP contribution in [0.5, 0.6) is 0 Å². The summed E-state index contributed by atoms with van der Waals surface area (Å²) in [5.74, 6) is 1.43. The average Bonchev–Trinajstić information content (AvgIpc) is 2.20. The summed E-state index contributed by atoms with van der Waals surface area (Å²) in [6, 6.07) is 0. The lowest BCUT2D eigenvalue weighted by Crippen LogP contribution is -2.02. The van der Waals surface area contributed by atoms with E-state index in [1.54, 1.807) is 11.1 Å². The van der Waals surface area contributed by atoms with Crippen molar-refractivity contribution in [1.29, 1.82) is 0 Å². The number of hydrogen-bond acceptors (Lipinski definition) is 0. The predicted molar refractivity (Wildman–Crippen MR) is 48.3 cm³/mol. The molecule has 0 fully saturated rings. The Morgan fingerprint density at radius 3 is 2.82 bits per heavy atom. The molecule has 0 bridgehead atoms. The van der Waals surface area contributed by atoms with E-state index in [9.17, 15) is 0 Å². The lowest BCUT2D eigenvalue weighted by Gasteiger charge is -2.19. The van der Waals surface area contributed by atoms with Gasteiger partial charge in [0.25, 0.3) is 0 Å². The Balaban J connectivity index is 2.29. The third-order valence-corrected chi connectivity index (χ3v) is 2.89. The standard InChI is InChI=1S/C11H14/c1-4-9-5-7(2)11-8(3)6-10(9)11/h4,6-7,9H,1,5H2,2-3H3. The largest absolute Gasteiger partial charge is 0.102 e. The van der Waals surface area contributed by atoms with Crippen LogP contribution in [0.3, 0.4) is 0 Å². The van der Waals surface area contributed by atoms with Crippen molar-refractivity contribution in [2.24, 2.45) is 11.8 Å². The van der Waals surface area contributed by atoms with E-state index in [1.165, 1.54) is 12.0 Å². The quantitative estimate of drug-likeness (QED) is 0.499. The summed E-state index contributed by atoms with van der Waals surface area (Å²) in [6.07, 6.45) is 5.68. The van der Waals surface area contributed by atoms with Crippen LogP contribution >= 0.6 is 0 Å². The van der Waals surface area contributed by atoms with Gasteiger partial charge >= 0.3 is 0 Å². The molecule has 2 aliphatic rings. The van der Waals surface area contributed by atoms with Gasteiger partial charge in [0.1, 0.15) is 0 Å². The van der Waals surface area contributed by atoms with Crippen LogP contribution in [0.1, 0.15) is 20.3 Å². The third kappa shape index (κ3) is 0.756. The minimum atomic E-state index is 0.656. The van der Waals surface area contributed by atoms with Crippen molar-refractivity contribution in [3.8, 4) is 0 Å². The van der Waals surface area contributed by atoms with Crippen LogP contribution < -0.4 is 0 Å². The minimum absolute atomic E-state index is 0.656. The van der Waals surface area contributed by atoms with Crippen molar-refractivity contribution >= 4 is 0 Å². The molecule has 0 aliphatic heterocycles. The van der Waals surface area contributed by atoms with Crippen LogP contribution in [0.15, 0.2) is 35.5 Å². The molecular weight excluding hydrogens is 132 g/mol. The van der Waals surface area contributed by atoms with Crippen LogP contribution in [0.4, 0.5) is 0 Å². The lowest BCUT2D eigenvalue weighted by molar-refractivity contribution is 0.615. The molecule has 0 aromatic carbocycles. The molecule has 2 atom stereocenters. The Labute approximate surface area is 68.3 Å². The zero-order valence-electron chi connectivity index (χ0n) is 7.22. The number of allylic oxidation sites excluding steroid dienone is 5. The highest BCUT2D eigenvalue weighted by Gasteiger charge is 2.33. The summed E-state index contributed by atoms with van der Waals surface area (Å²) in [5.41, 5.74) is 4.68. The predicted octanol–water partition coefficient (Wildman–Crippen LogP) is 3.08. The van der Waals surface area contributed by atoms with Gasteiger partial charge in [0.2, 0.25) is 0 Å². The monoisotopic (exact) mass is 146 g/mol. The smallest absolute Gasteiger partial charge is 0.00240 e. The Kier molecular flexibility index (Phi) is 1.32. The maximum Gasteiger partial charge on any atom is 0.00240 e. The highest BCUT2D eigenvalue weighted by molar-refractivity contribution is 5.57. The fourth-order valence-electron chi connectivity index (χ4n) is 2.37. The molecule has 0 N–H and O–H groups in total. The van der Waals surface area contributed by atoms with E-state index < -0.39 is 0 Å². The molecule has 0 spiro atoms. The Morgan fingerprint density at radius 1 is 1.64 bits per heavy atom. The SMILES string of the molecule is C=CC1CC(C)C2=C1C=C2C. The zero-order valence-corrected chi connectivity index (χ0v) is 7.22. The first-order valence-electron chi connectivity index (χ1n) is 4.29. The molecule has 58 valence electrons. The normalized spacial score (nSPS) is 34.5. The molecule has 2 unspecified atom stereocenters. The van der Waals surface area contributed by atoms with Crippen molar-refractivity contribution in [3.63, 3.8) is 0 Å². The summed E-state index contributed by atoms with van der Waals surface area (Å²) >= 11 is 0. The molecule has 0 aromatic rings. The highest BCUT2D eigenvalue weighted by atomic mass is 14.4. The molecule has 0 aromatic heterocycles. The van der Waals surface area contributed by atoms with E-state index in [2.05, 4.69) is 32.6 Å². The second kappa shape index (κ2) is 2.10. The van der Waals surface area contributed by atoms with Gasteiger partial charge < -0.3 is 0 Å². The summed E-state index contributed by atoms with van der Waals surface area (Å²) in [5, 5.41) is 0. The van der Waals surface area contributed by atoms with E-state index >= 15 is 0 Å². The van der Waals surface area contributed by atoms with Gasteiger partial charge in [-0.25, -0.2) is 0 Å². The maximum atomic E-state index is 3.86. The van der Waals surface area contributed by atoms with Crippen LogP contribution in [-0.2, 0) is 0 Å². The molecule has 0 nitrogen and oxygen atoms in total. The van der Waals surface area contributed by atoms with Crippen LogP contribution in [-0.4, -0.2) is 0 Å². The van der Waals surface area contributed by atoms with E-state index in [-0.39, 0.29) is 0 Å². The van der Waals surface area contributed by atoms with Crippen molar-refractivity contribution in [2.75, 3.05) is 0 Å². The fourth-order valence-corrected chi connectivity index (χ4v) is 2.37. The number of hydrogen-bond donors (Lipinski definition) is 0. The topological polar surface area (TPSA) is 0 Å². The van der Waals surface area contributed by atoms with Gasteiger partial charge in [0.15, 0.2) is 0 Å². The van der Waals surface area contributed by atoms with Crippen LogP contribution in [0, 0.1) is 11.8 Å². The van der Waals surface area contributed by atoms with Gasteiger partial charge in [-0.2, -0.15) is 0 Å². The van der Waals surface area contributed by atoms with Crippen molar-refractivity contribution in [1.82, 2.24) is 0 Å². The lowest BCUT2D eigenvalue weighted by atomic mass is 9.86. The van der Waals surface area contributed by atoms with Gasteiger partial charge in [-0.1, -0.05) is 19.1 Å². The second-order valence-electron chi connectivity index (χ2n) is 3.68. The van der Waals surface area contributed by atoms with Gasteiger partial charge in [-0.15, -0.1) is 6.58 Å². The first-order valence-corrected chi connectivity index (χ1v) is 4.29. The van der Waals surface area contributed by atoms with Gasteiger partial charge in [0, 0.05) is 5.92 Å². The first-order chi connectivity index (χ1) is 5.24. The summed E-state index contributed by atoms with van der Waals surface area (Å²) in [7, 11) is 0. The van der Waals surface area contributed by atoms with Gasteiger partial charge in [-0.05, 0) is 36.0 Å². The molecule has 0 saturated carbocycles. The average molecular weight is 146 g/mol. The fraction of sp³-hybridized carbons (Fsp3) is 0.455. The van der Waals surface area contributed by atoms with E-state index in [4.69, 9.17) is 0 Å². The maximum absolute atomic E-state index is 3.86. The van der Waals surface area contributed by atoms with E-state index in [0.717, 1.165) is 5.92 Å². The first kappa shape index (κ1) is 6.90. The van der Waals surface area contributed by atoms with Gasteiger partial charge in [-0.3, -0.25) is 0 Å². The molecule has 0 radical (unpaired) electrons. The van der Waals surface area contributed by atoms with Crippen molar-refractivity contribution < 1.29 is 0 Å². The molecule has 0 saturated heterocycles. The molecule has 0 heteroatoms. The summed E-state index contributed by atoms with van der Waals surface area (Å²) in [4.78, 5) is 0. The number of rotatable bonds is 1. The van der Waals surface area contributed by atoms with Crippen molar-refractivity contribution in [2.45, 2.75) is 20.3 Å². The molecule has 2 aliphatic carbocycles. The molecular formula is C11H14. The highest BCUT2D eigenvalue weighted by Crippen LogP contribution is 2.47. The summed E-state index contributed by atoms with van der Waals surface area (Å²) in [6.45, 7) is 8.38. The molecule has 11 heavy (non-hydrogen) atoms. The van der Waals surface area contributed by atoms with Crippen molar-refractivity contribution in [3.05, 3.63) is 35.5 Å². The zero-order chi connectivity index (χ0) is 8.01.